The third-order valence-electron chi connectivity index (χ3n) is 7.77. The minimum Gasteiger partial charge on any atom is -0.481 e. The molecule has 264 valence electrons. The number of hydrogen-bond acceptors (Lipinski definition) is 8. The number of nitrogens with one attached hydrogen (secondary N) is 5. The Morgan fingerprint density at radius 2 is 1.35 bits per heavy atom. The van der Waals surface area contributed by atoms with Crippen LogP contribution in [0.3, 0.4) is 0 Å². The summed E-state index contributed by atoms with van der Waals surface area (Å²) in [6.45, 7) is 0.336. The first-order valence-corrected chi connectivity index (χ1v) is 16.9. The average molecular weight is 744 g/mol. The van der Waals surface area contributed by atoms with Gasteiger partial charge in [-0.3, -0.25) is 28.8 Å². The number of carboxylic acid groups (broad SMARTS) is 1. The number of aliphatic carboxylic acids is 1. The Hall–Kier alpha value is -4.80. The van der Waals surface area contributed by atoms with E-state index in [0.29, 0.717) is 24.9 Å². The fourth-order valence-corrected chi connectivity index (χ4v) is 5.60. The number of alkyl halides is 1. The van der Waals surface area contributed by atoms with E-state index < -0.39 is 72.1 Å². The van der Waals surface area contributed by atoms with E-state index >= 15 is 0 Å². The maximum Gasteiger partial charge on any atom is 0.305 e. The molecule has 0 bridgehead atoms. The van der Waals surface area contributed by atoms with E-state index in [1.165, 1.54) is 0 Å². The van der Waals surface area contributed by atoms with E-state index in [9.17, 15) is 33.9 Å². The maximum absolute atomic E-state index is 13.5. The minimum atomic E-state index is -1.63. The van der Waals surface area contributed by atoms with E-state index in [0.717, 1.165) is 16.5 Å². The number of para-hydroxylation sites is 1. The molecule has 0 unspecified atom stereocenters. The number of primary amides is 1. The van der Waals surface area contributed by atoms with Gasteiger partial charge in [-0.2, -0.15) is 0 Å². The molecule has 12 N–H and O–H groups in total. The lowest BCUT2D eigenvalue weighted by molar-refractivity contribution is -0.141. The Morgan fingerprint density at radius 1 is 0.755 bits per heavy atom. The Morgan fingerprint density at radius 3 is 2.00 bits per heavy atom. The van der Waals surface area contributed by atoms with Crippen molar-refractivity contribution in [3.05, 3.63) is 71.9 Å². The number of nitrogens with two attached hydrogens (primary N) is 3. The number of benzene rings is 2. The number of unbranched alkanes of at least 4 members (excludes halogenated alkanes) is 1. The number of halogens is 1. The monoisotopic (exact) mass is 742 g/mol. The van der Waals surface area contributed by atoms with Crippen molar-refractivity contribution in [2.75, 3.05) is 11.9 Å². The quantitative estimate of drug-likeness (QED) is 0.0543. The predicted octanol–water partition coefficient (Wildman–Crippen LogP) is -0.296. The van der Waals surface area contributed by atoms with Crippen LogP contribution in [0, 0.1) is 0 Å². The van der Waals surface area contributed by atoms with Gasteiger partial charge in [0.05, 0.1) is 12.5 Å². The van der Waals surface area contributed by atoms with Crippen LogP contribution in [-0.2, 0) is 41.6 Å². The maximum atomic E-state index is 13.5. The first kappa shape index (κ1) is 38.6. The molecule has 0 saturated carbocycles. The summed E-state index contributed by atoms with van der Waals surface area (Å²) in [5.41, 5.74) is 19.6. The first-order chi connectivity index (χ1) is 23.4. The highest BCUT2D eigenvalue weighted by Crippen LogP contribution is 2.19. The van der Waals surface area contributed by atoms with Gasteiger partial charge in [-0.25, -0.2) is 0 Å². The molecule has 1 heterocycles. The molecule has 49 heavy (non-hydrogen) atoms. The highest BCUT2D eigenvalue weighted by Gasteiger charge is 2.32. The van der Waals surface area contributed by atoms with Crippen molar-refractivity contribution in [1.29, 1.82) is 0 Å². The summed E-state index contributed by atoms with van der Waals surface area (Å²) in [5.74, 6) is -5.37. The summed E-state index contributed by atoms with van der Waals surface area (Å²) in [5, 5.41) is 20.6. The zero-order valence-electron chi connectivity index (χ0n) is 26.8. The van der Waals surface area contributed by atoms with E-state index in [-0.39, 0.29) is 24.6 Å². The van der Waals surface area contributed by atoms with Crippen LogP contribution in [0.4, 0.5) is 0 Å². The number of rotatable bonds is 20. The number of carbonyl (C=O) groups excluding carboxylic acids is 5. The summed E-state index contributed by atoms with van der Waals surface area (Å²) in [4.78, 5) is 80.1. The van der Waals surface area contributed by atoms with Gasteiger partial charge in [-0.1, -0.05) is 64.5 Å². The van der Waals surface area contributed by atoms with Gasteiger partial charge in [0, 0.05) is 28.9 Å². The second-order valence-corrected chi connectivity index (χ2v) is 12.2. The molecule has 16 heteroatoms. The molecule has 5 atom stereocenters. The summed E-state index contributed by atoms with van der Waals surface area (Å²) < 4.78 is 0. The number of aromatic amines is 1. The van der Waals surface area contributed by atoms with Gasteiger partial charge in [-0.15, -0.1) is 0 Å². The van der Waals surface area contributed by atoms with Gasteiger partial charge >= 0.3 is 5.97 Å². The van der Waals surface area contributed by atoms with Crippen LogP contribution in [0.2, 0.25) is 0 Å². The lowest BCUT2D eigenvalue weighted by Gasteiger charge is -2.26. The zero-order chi connectivity index (χ0) is 35.9. The van der Waals surface area contributed by atoms with E-state index in [4.69, 9.17) is 17.2 Å². The highest BCUT2D eigenvalue weighted by atomic mass is 79.9. The summed E-state index contributed by atoms with van der Waals surface area (Å²) in [7, 11) is 0. The Kier molecular flexibility index (Phi) is 15.2. The van der Waals surface area contributed by atoms with Crippen molar-refractivity contribution in [3.8, 4) is 0 Å². The van der Waals surface area contributed by atoms with Crippen LogP contribution in [-0.4, -0.2) is 87.7 Å². The van der Waals surface area contributed by atoms with Crippen molar-refractivity contribution in [2.24, 2.45) is 17.2 Å². The fourth-order valence-electron chi connectivity index (χ4n) is 5.12. The lowest BCUT2D eigenvalue weighted by Crippen LogP contribution is -2.59. The molecule has 3 aromatic rings. The second kappa shape index (κ2) is 19.3. The van der Waals surface area contributed by atoms with E-state index in [1.54, 1.807) is 36.5 Å². The van der Waals surface area contributed by atoms with Crippen molar-refractivity contribution >= 4 is 62.3 Å². The summed E-state index contributed by atoms with van der Waals surface area (Å²) in [6.07, 6.45) is 2.20. The largest absolute Gasteiger partial charge is 0.481 e. The average Bonchev–Trinajstić information content (AvgIpc) is 3.48. The van der Waals surface area contributed by atoms with Gasteiger partial charge in [0.2, 0.25) is 29.5 Å². The molecule has 3 rings (SSSR count). The van der Waals surface area contributed by atoms with Crippen molar-refractivity contribution in [3.63, 3.8) is 0 Å². The topological polar surface area (TPSA) is 265 Å². The molecule has 0 aliphatic rings. The molecule has 0 aliphatic carbocycles. The van der Waals surface area contributed by atoms with Gasteiger partial charge < -0.3 is 48.6 Å². The first-order valence-electron chi connectivity index (χ1n) is 15.8. The zero-order valence-corrected chi connectivity index (χ0v) is 28.4. The SMILES string of the molecule is NCCCC[C@H](NC(=O)[C@H](N)Cc1c[nH]c2ccccc12)C(=O)N[C@@H](CC(=O)O)C(=O)N[C@@H](Cc1ccccc1)C(=O)N[C@H](CBr)C(N)=O. The summed E-state index contributed by atoms with van der Waals surface area (Å²) >= 11 is 3.11. The molecular weight excluding hydrogens is 700 g/mol. The van der Waals surface area contributed by atoms with Crippen molar-refractivity contribution < 1.29 is 33.9 Å². The number of hydrogen-bond donors (Lipinski definition) is 9. The standard InChI is InChI=1S/C33H43BrN8O7/c34-17-27(29(37)45)42-32(48)25(14-19-8-2-1-3-9-19)40-33(49)26(16-28(43)44)41-31(47)24(12-6-7-13-35)39-30(46)22(36)15-20-18-38-23-11-5-4-10-21(20)23/h1-5,8-11,18,22,24-27,38H,6-7,12-17,35-36H2,(H2,37,45)(H,39,46)(H,40,49)(H,41,47)(H,42,48)(H,43,44)/t22-,24+,25+,26+,27-/m1/s1. The van der Waals surface area contributed by atoms with E-state index in [1.807, 2.05) is 24.3 Å². The molecule has 1 aromatic heterocycles. The Labute approximate surface area is 291 Å². The molecule has 5 amide bonds. The number of aromatic nitrogens is 1. The van der Waals surface area contributed by atoms with Crippen LogP contribution in [0.15, 0.2) is 60.8 Å². The predicted molar refractivity (Wildman–Crippen MR) is 186 cm³/mol. The highest BCUT2D eigenvalue weighted by molar-refractivity contribution is 9.09. The lowest BCUT2D eigenvalue weighted by atomic mass is 10.0. The molecule has 0 spiro atoms. The molecule has 2 aromatic carbocycles. The smallest absolute Gasteiger partial charge is 0.305 e. The summed E-state index contributed by atoms with van der Waals surface area (Å²) in [6, 6.07) is 10.0. The number of H-pyrrole nitrogens is 1. The van der Waals surface area contributed by atoms with Crippen LogP contribution >= 0.6 is 15.9 Å². The van der Waals surface area contributed by atoms with Gasteiger partial charge in [0.15, 0.2) is 0 Å². The molecule has 0 saturated heterocycles. The second-order valence-electron chi connectivity index (χ2n) is 11.5. The Balaban J connectivity index is 1.77. The number of fused-ring (bicyclic) bond motifs is 1. The Bertz CT molecular complexity index is 1600. The molecular formula is C33H43BrN8O7. The van der Waals surface area contributed by atoms with Gasteiger partial charge in [0.25, 0.3) is 0 Å². The van der Waals surface area contributed by atoms with Gasteiger partial charge in [-0.05, 0) is 49.4 Å². The van der Waals surface area contributed by atoms with Crippen molar-refractivity contribution in [1.82, 2.24) is 26.3 Å². The normalized spacial score (nSPS) is 14.1. The van der Waals surface area contributed by atoms with Crippen molar-refractivity contribution in [2.45, 2.75) is 68.7 Å². The molecule has 15 nitrogen and oxygen atoms in total. The number of carboxylic acids is 1. The third kappa shape index (κ3) is 12.0. The van der Waals surface area contributed by atoms with E-state index in [2.05, 4.69) is 42.2 Å². The fraction of sp³-hybridized carbons (Fsp3) is 0.394. The molecule has 0 fully saturated rings. The van der Waals surface area contributed by atoms with Crippen LogP contribution in [0.25, 0.3) is 10.9 Å². The van der Waals surface area contributed by atoms with Crippen LogP contribution in [0.1, 0.15) is 36.8 Å². The number of carbonyl (C=O) groups is 6. The minimum absolute atomic E-state index is 0.0144. The third-order valence-corrected chi connectivity index (χ3v) is 8.42. The van der Waals surface area contributed by atoms with Gasteiger partial charge in [0.1, 0.15) is 24.2 Å². The molecule has 0 aliphatic heterocycles. The molecule has 0 radical (unpaired) electrons. The van der Waals surface area contributed by atoms with Crippen LogP contribution < -0.4 is 38.5 Å². The van der Waals surface area contributed by atoms with Crippen LogP contribution in [0.5, 0.6) is 0 Å². The number of amides is 5.